The number of nitro benzene ring substituents is 1. The Hall–Kier alpha value is -2.96. The summed E-state index contributed by atoms with van der Waals surface area (Å²) in [5, 5.41) is 13.2. The second kappa shape index (κ2) is 5.35. The molecule has 2 N–H and O–H groups in total. The average molecular weight is 273 g/mol. The number of aromatic nitrogens is 1. The van der Waals surface area contributed by atoms with Gasteiger partial charge in [0.2, 0.25) is 5.56 Å². The summed E-state index contributed by atoms with van der Waals surface area (Å²) in [5.74, 6) is -0.536. The quantitative estimate of drug-likeness (QED) is 0.657. The lowest BCUT2D eigenvalue weighted by molar-refractivity contribution is -0.384. The maximum atomic E-state index is 11.9. The number of nitro groups is 1. The summed E-state index contributed by atoms with van der Waals surface area (Å²) >= 11 is 0. The summed E-state index contributed by atoms with van der Waals surface area (Å²) < 4.78 is 0. The summed E-state index contributed by atoms with van der Waals surface area (Å²) in [6.45, 7) is 1.72. The molecule has 7 heteroatoms. The summed E-state index contributed by atoms with van der Waals surface area (Å²) in [5.41, 5.74) is 0.584. The number of aromatic amines is 1. The van der Waals surface area contributed by atoms with E-state index in [1.165, 1.54) is 30.3 Å². The van der Waals surface area contributed by atoms with Crippen LogP contribution in [0.15, 0.2) is 41.2 Å². The van der Waals surface area contributed by atoms with Crippen LogP contribution in [-0.2, 0) is 0 Å². The molecule has 0 aliphatic rings. The molecule has 0 aliphatic carbocycles. The standard InChI is InChI=1S/C13H11N3O4/c1-8-5-6-9(16(19)20)7-11(8)15-13(18)10-3-2-4-12(17)14-10/h2-7H,1H3,(H,14,17)(H,15,18). The predicted octanol–water partition coefficient (Wildman–Crippen LogP) is 1.84. The minimum absolute atomic E-state index is 0.0865. The van der Waals surface area contributed by atoms with Crippen LogP contribution < -0.4 is 10.9 Å². The van der Waals surface area contributed by atoms with Crippen LogP contribution in [0.3, 0.4) is 0 Å². The highest BCUT2D eigenvalue weighted by Gasteiger charge is 2.12. The van der Waals surface area contributed by atoms with Crippen molar-refractivity contribution < 1.29 is 9.72 Å². The highest BCUT2D eigenvalue weighted by molar-refractivity contribution is 6.03. The van der Waals surface area contributed by atoms with Crippen molar-refractivity contribution in [3.63, 3.8) is 0 Å². The lowest BCUT2D eigenvalue weighted by Crippen LogP contribution is -2.18. The Morgan fingerprint density at radius 2 is 2.05 bits per heavy atom. The van der Waals surface area contributed by atoms with Crippen molar-refractivity contribution in [1.29, 1.82) is 0 Å². The molecule has 0 radical (unpaired) electrons. The normalized spacial score (nSPS) is 10.1. The highest BCUT2D eigenvalue weighted by Crippen LogP contribution is 2.22. The number of nitrogens with one attached hydrogen (secondary N) is 2. The van der Waals surface area contributed by atoms with E-state index in [0.717, 1.165) is 0 Å². The third-order valence-corrected chi connectivity index (χ3v) is 2.69. The van der Waals surface area contributed by atoms with E-state index in [-0.39, 0.29) is 11.4 Å². The molecule has 1 aromatic heterocycles. The van der Waals surface area contributed by atoms with E-state index < -0.39 is 16.4 Å². The van der Waals surface area contributed by atoms with Crippen LogP contribution in [0.2, 0.25) is 0 Å². The molecule has 1 aromatic carbocycles. The zero-order valence-corrected chi connectivity index (χ0v) is 10.5. The third kappa shape index (κ3) is 2.89. The number of benzene rings is 1. The van der Waals surface area contributed by atoms with Crippen molar-refractivity contribution in [3.8, 4) is 0 Å². The number of non-ortho nitro benzene ring substituents is 1. The van der Waals surface area contributed by atoms with Crippen molar-refractivity contribution in [2.24, 2.45) is 0 Å². The molecule has 102 valence electrons. The molecule has 20 heavy (non-hydrogen) atoms. The third-order valence-electron chi connectivity index (χ3n) is 2.69. The van der Waals surface area contributed by atoms with Gasteiger partial charge in [0.25, 0.3) is 11.6 Å². The predicted molar refractivity (Wildman–Crippen MR) is 72.8 cm³/mol. The van der Waals surface area contributed by atoms with Gasteiger partial charge in [-0.2, -0.15) is 0 Å². The Bertz CT molecular complexity index is 736. The Kier molecular flexibility index (Phi) is 3.60. The number of H-pyrrole nitrogens is 1. The zero-order valence-electron chi connectivity index (χ0n) is 10.5. The Labute approximate surface area is 113 Å². The average Bonchev–Trinajstić information content (AvgIpc) is 2.41. The molecule has 2 aromatic rings. The van der Waals surface area contributed by atoms with Crippen molar-refractivity contribution in [2.75, 3.05) is 5.32 Å². The van der Waals surface area contributed by atoms with Gasteiger partial charge >= 0.3 is 0 Å². The summed E-state index contributed by atoms with van der Waals surface area (Å²) in [6, 6.07) is 8.36. The number of amides is 1. The summed E-state index contributed by atoms with van der Waals surface area (Å²) in [6.07, 6.45) is 0. The van der Waals surface area contributed by atoms with Crippen LogP contribution in [0, 0.1) is 17.0 Å². The first-order chi connectivity index (χ1) is 9.47. The maximum absolute atomic E-state index is 11.9. The van der Waals surface area contributed by atoms with Crippen LogP contribution in [0.4, 0.5) is 11.4 Å². The van der Waals surface area contributed by atoms with E-state index in [1.807, 2.05) is 0 Å². The smallest absolute Gasteiger partial charge is 0.272 e. The second-order valence-electron chi connectivity index (χ2n) is 4.14. The molecule has 1 amide bonds. The van der Waals surface area contributed by atoms with E-state index in [2.05, 4.69) is 10.3 Å². The SMILES string of the molecule is Cc1ccc([N+](=O)[O-])cc1NC(=O)c1cccc(=O)[nH]1. The van der Waals surface area contributed by atoms with Crippen LogP contribution in [-0.4, -0.2) is 15.8 Å². The minimum atomic E-state index is -0.542. The van der Waals surface area contributed by atoms with Gasteiger partial charge in [-0.25, -0.2) is 0 Å². The number of carbonyl (C=O) groups is 1. The molecule has 0 fully saturated rings. The monoisotopic (exact) mass is 273 g/mol. The number of hydrogen-bond acceptors (Lipinski definition) is 4. The number of rotatable bonds is 3. The molecule has 0 saturated heterocycles. The van der Waals surface area contributed by atoms with E-state index in [0.29, 0.717) is 11.3 Å². The van der Waals surface area contributed by atoms with E-state index in [4.69, 9.17) is 0 Å². The Balaban J connectivity index is 2.30. The van der Waals surface area contributed by atoms with Gasteiger partial charge in [0.15, 0.2) is 0 Å². The molecule has 0 aliphatic heterocycles. The molecule has 0 spiro atoms. The number of pyridine rings is 1. The van der Waals surface area contributed by atoms with Crippen LogP contribution in [0.1, 0.15) is 16.1 Å². The first kappa shape index (κ1) is 13.5. The fourth-order valence-corrected chi connectivity index (χ4v) is 1.63. The molecule has 0 unspecified atom stereocenters. The summed E-state index contributed by atoms with van der Waals surface area (Å²) in [4.78, 5) is 35.6. The summed E-state index contributed by atoms with van der Waals surface area (Å²) in [7, 11) is 0. The van der Waals surface area contributed by atoms with Crippen LogP contribution >= 0.6 is 0 Å². The van der Waals surface area contributed by atoms with Gasteiger partial charge < -0.3 is 10.3 Å². The first-order valence-corrected chi connectivity index (χ1v) is 5.73. The van der Waals surface area contributed by atoms with Gasteiger partial charge in [0.05, 0.1) is 10.6 Å². The molecule has 0 bridgehead atoms. The van der Waals surface area contributed by atoms with Crippen LogP contribution in [0.25, 0.3) is 0 Å². The fourth-order valence-electron chi connectivity index (χ4n) is 1.63. The second-order valence-corrected chi connectivity index (χ2v) is 4.14. The number of hydrogen-bond donors (Lipinski definition) is 2. The Morgan fingerprint density at radius 3 is 2.70 bits per heavy atom. The number of aryl methyl sites for hydroxylation is 1. The maximum Gasteiger partial charge on any atom is 0.272 e. The van der Waals surface area contributed by atoms with Gasteiger partial charge in [-0.05, 0) is 18.6 Å². The highest BCUT2D eigenvalue weighted by atomic mass is 16.6. The van der Waals surface area contributed by atoms with Crippen molar-refractivity contribution in [1.82, 2.24) is 4.98 Å². The van der Waals surface area contributed by atoms with E-state index in [9.17, 15) is 19.7 Å². The topological polar surface area (TPSA) is 105 Å². The molecular formula is C13H11N3O4. The number of anilines is 1. The largest absolute Gasteiger partial charge is 0.320 e. The van der Waals surface area contributed by atoms with Crippen molar-refractivity contribution >= 4 is 17.3 Å². The van der Waals surface area contributed by atoms with Crippen LogP contribution in [0.5, 0.6) is 0 Å². The lowest BCUT2D eigenvalue weighted by atomic mass is 10.1. The Morgan fingerprint density at radius 1 is 1.30 bits per heavy atom. The van der Waals surface area contributed by atoms with Gasteiger partial charge in [0, 0.05) is 18.2 Å². The van der Waals surface area contributed by atoms with Gasteiger partial charge in [-0.1, -0.05) is 12.1 Å². The van der Waals surface area contributed by atoms with Gasteiger partial charge in [-0.15, -0.1) is 0 Å². The zero-order chi connectivity index (χ0) is 14.7. The molecule has 0 atom stereocenters. The van der Waals surface area contributed by atoms with Gasteiger partial charge in [0.1, 0.15) is 5.69 Å². The lowest BCUT2D eigenvalue weighted by Gasteiger charge is -2.07. The first-order valence-electron chi connectivity index (χ1n) is 5.73. The minimum Gasteiger partial charge on any atom is -0.320 e. The van der Waals surface area contributed by atoms with Crippen molar-refractivity contribution in [2.45, 2.75) is 6.92 Å². The molecule has 1 heterocycles. The van der Waals surface area contributed by atoms with E-state index in [1.54, 1.807) is 13.0 Å². The number of nitrogens with zero attached hydrogens (tertiary/aromatic N) is 1. The molecule has 0 saturated carbocycles. The van der Waals surface area contributed by atoms with Crippen molar-refractivity contribution in [3.05, 3.63) is 68.1 Å². The molecular weight excluding hydrogens is 262 g/mol. The van der Waals surface area contributed by atoms with E-state index >= 15 is 0 Å². The fraction of sp³-hybridized carbons (Fsp3) is 0.0769. The molecule has 7 nitrogen and oxygen atoms in total. The van der Waals surface area contributed by atoms with Gasteiger partial charge in [-0.3, -0.25) is 19.7 Å². The molecule has 2 rings (SSSR count). The number of carbonyl (C=O) groups excluding carboxylic acids is 1.